The van der Waals surface area contributed by atoms with Gasteiger partial charge in [-0.05, 0) is 12.8 Å². The normalized spacial score (nSPS) is 28.3. The van der Waals surface area contributed by atoms with E-state index in [-0.39, 0.29) is 18.6 Å². The summed E-state index contributed by atoms with van der Waals surface area (Å²) in [6.07, 6.45) is -0.139. The van der Waals surface area contributed by atoms with Gasteiger partial charge >= 0.3 is 5.92 Å². The second-order valence-electron chi connectivity index (χ2n) is 3.25. The van der Waals surface area contributed by atoms with Gasteiger partial charge in [-0.15, -0.1) is 0 Å². The molecule has 0 aromatic rings. The summed E-state index contributed by atoms with van der Waals surface area (Å²) >= 11 is 0. The van der Waals surface area contributed by atoms with Crippen molar-refractivity contribution in [1.29, 1.82) is 0 Å². The maximum atomic E-state index is 12.7. The first-order valence-corrected chi connectivity index (χ1v) is 5.74. The van der Waals surface area contributed by atoms with Crippen molar-refractivity contribution in [2.24, 2.45) is 5.92 Å². The Morgan fingerprint density at radius 1 is 1.38 bits per heavy atom. The van der Waals surface area contributed by atoms with Gasteiger partial charge < -0.3 is 0 Å². The Morgan fingerprint density at radius 2 is 2.00 bits per heavy atom. The Morgan fingerprint density at radius 3 is 2.46 bits per heavy atom. The lowest BCUT2D eigenvalue weighted by atomic mass is 9.99. The molecule has 0 bridgehead atoms. The molecule has 1 unspecified atom stereocenters. The third kappa shape index (κ3) is 2.46. The molecule has 0 saturated carbocycles. The second kappa shape index (κ2) is 3.32. The van der Waals surface area contributed by atoms with E-state index in [1.54, 1.807) is 0 Å². The molecular weight excluding hydrogens is 202 g/mol. The zero-order chi connectivity index (χ0) is 10.1. The fourth-order valence-electron chi connectivity index (χ4n) is 1.42. The molecule has 1 saturated heterocycles. The van der Waals surface area contributed by atoms with Crippen molar-refractivity contribution in [3.63, 3.8) is 0 Å². The van der Waals surface area contributed by atoms with Crippen LogP contribution < -0.4 is 0 Å². The van der Waals surface area contributed by atoms with Gasteiger partial charge in [0.05, 0.1) is 11.5 Å². The summed E-state index contributed by atoms with van der Waals surface area (Å²) < 4.78 is 47.4. The predicted molar refractivity (Wildman–Crippen MR) is 42.4 cm³/mol. The first kappa shape index (κ1) is 10.6. The maximum absolute atomic E-state index is 12.7. The molecule has 1 rings (SSSR count). The maximum Gasteiger partial charge on any atom is 0.306 e. The highest BCUT2D eigenvalue weighted by atomic mass is 32.2. The highest BCUT2D eigenvalue weighted by Crippen LogP contribution is 2.31. The molecular formula is C7H10F2O3S. The molecule has 0 aromatic carbocycles. The van der Waals surface area contributed by atoms with Crippen molar-refractivity contribution in [2.45, 2.75) is 18.8 Å². The molecule has 13 heavy (non-hydrogen) atoms. The number of hydrogen-bond acceptors (Lipinski definition) is 3. The van der Waals surface area contributed by atoms with E-state index in [1.807, 2.05) is 0 Å². The van der Waals surface area contributed by atoms with Gasteiger partial charge in [-0.3, -0.25) is 4.79 Å². The van der Waals surface area contributed by atoms with Crippen LogP contribution in [0.15, 0.2) is 0 Å². The van der Waals surface area contributed by atoms with Crippen LogP contribution in [-0.4, -0.2) is 32.1 Å². The summed E-state index contributed by atoms with van der Waals surface area (Å²) in [4.78, 5) is 9.99. The third-order valence-electron chi connectivity index (χ3n) is 2.16. The molecule has 0 aromatic heterocycles. The van der Waals surface area contributed by atoms with Crippen LogP contribution in [0.2, 0.25) is 0 Å². The van der Waals surface area contributed by atoms with Crippen LogP contribution in [0.1, 0.15) is 12.8 Å². The van der Waals surface area contributed by atoms with Gasteiger partial charge in [0, 0.05) is 5.92 Å². The summed E-state index contributed by atoms with van der Waals surface area (Å²) in [5.74, 6) is -5.44. The Kier molecular flexibility index (Phi) is 2.70. The summed E-state index contributed by atoms with van der Waals surface area (Å²) in [6, 6.07) is 0. The Labute approximate surface area is 75.0 Å². The Bertz CT molecular complexity index is 297. The number of halogens is 2. The average molecular weight is 212 g/mol. The van der Waals surface area contributed by atoms with Crippen LogP contribution in [-0.2, 0) is 14.6 Å². The molecule has 1 atom stereocenters. The number of rotatable bonds is 2. The van der Waals surface area contributed by atoms with E-state index in [0.29, 0.717) is 0 Å². The fraction of sp³-hybridized carbons (Fsp3) is 0.857. The van der Waals surface area contributed by atoms with Crippen molar-refractivity contribution < 1.29 is 22.0 Å². The summed E-state index contributed by atoms with van der Waals surface area (Å²) in [7, 11) is -3.36. The highest BCUT2D eigenvalue weighted by molar-refractivity contribution is 7.91. The SMILES string of the molecule is O=CC(F)(F)C1CCCS(=O)(=O)C1. The average Bonchev–Trinajstić information content (AvgIpc) is 2.03. The largest absolute Gasteiger partial charge is 0.306 e. The van der Waals surface area contributed by atoms with Gasteiger partial charge in [-0.1, -0.05) is 0 Å². The minimum Gasteiger partial charge on any atom is -0.297 e. The van der Waals surface area contributed by atoms with Gasteiger partial charge in [-0.25, -0.2) is 8.42 Å². The van der Waals surface area contributed by atoms with E-state index in [0.717, 1.165) is 0 Å². The minimum absolute atomic E-state index is 0.0432. The summed E-state index contributed by atoms with van der Waals surface area (Å²) in [5, 5.41) is 0. The van der Waals surface area contributed by atoms with Crippen molar-refractivity contribution >= 4 is 16.1 Å². The minimum atomic E-state index is -3.49. The van der Waals surface area contributed by atoms with Crippen molar-refractivity contribution in [3.8, 4) is 0 Å². The van der Waals surface area contributed by atoms with Crippen LogP contribution in [0, 0.1) is 5.92 Å². The predicted octanol–water partition coefficient (Wildman–Crippen LogP) is 0.645. The summed E-state index contributed by atoms with van der Waals surface area (Å²) in [5.41, 5.74) is 0. The number of aldehydes is 1. The van der Waals surface area contributed by atoms with Gasteiger partial charge in [0.15, 0.2) is 16.1 Å². The van der Waals surface area contributed by atoms with Crippen molar-refractivity contribution in [2.75, 3.05) is 11.5 Å². The number of hydrogen-bond donors (Lipinski definition) is 0. The standard InChI is InChI=1S/C7H10F2O3S/c8-7(9,5-10)6-2-1-3-13(11,12)4-6/h5-6H,1-4H2. The highest BCUT2D eigenvalue weighted by Gasteiger charge is 2.43. The number of alkyl halides is 2. The molecule has 0 amide bonds. The van der Waals surface area contributed by atoms with Gasteiger partial charge in [0.25, 0.3) is 0 Å². The summed E-state index contributed by atoms with van der Waals surface area (Å²) in [6.45, 7) is 0. The molecule has 76 valence electrons. The molecule has 3 nitrogen and oxygen atoms in total. The fourth-order valence-corrected chi connectivity index (χ4v) is 3.20. The lowest BCUT2D eigenvalue weighted by Crippen LogP contribution is -2.39. The van der Waals surface area contributed by atoms with Crippen molar-refractivity contribution in [3.05, 3.63) is 0 Å². The van der Waals surface area contributed by atoms with Crippen molar-refractivity contribution in [1.82, 2.24) is 0 Å². The monoisotopic (exact) mass is 212 g/mol. The Hall–Kier alpha value is -0.520. The Balaban J connectivity index is 2.78. The van der Waals surface area contributed by atoms with Gasteiger partial charge in [0.2, 0.25) is 0 Å². The number of carbonyl (C=O) groups excluding carboxylic acids is 1. The molecule has 1 heterocycles. The van der Waals surface area contributed by atoms with Gasteiger partial charge in [-0.2, -0.15) is 8.78 Å². The molecule has 0 N–H and O–H groups in total. The molecule has 0 aliphatic carbocycles. The lowest BCUT2D eigenvalue weighted by molar-refractivity contribution is -0.136. The first-order valence-electron chi connectivity index (χ1n) is 3.92. The third-order valence-corrected chi connectivity index (χ3v) is 3.99. The molecule has 1 fully saturated rings. The smallest absolute Gasteiger partial charge is 0.297 e. The quantitative estimate of drug-likeness (QED) is 0.631. The van der Waals surface area contributed by atoms with E-state index in [9.17, 15) is 22.0 Å². The van der Waals surface area contributed by atoms with Gasteiger partial charge in [0.1, 0.15) is 0 Å². The zero-order valence-electron chi connectivity index (χ0n) is 6.87. The van der Waals surface area contributed by atoms with E-state index in [4.69, 9.17) is 0 Å². The zero-order valence-corrected chi connectivity index (χ0v) is 7.69. The molecule has 0 radical (unpaired) electrons. The molecule has 0 spiro atoms. The second-order valence-corrected chi connectivity index (χ2v) is 5.47. The van der Waals surface area contributed by atoms with Crippen LogP contribution in [0.5, 0.6) is 0 Å². The number of carbonyl (C=O) groups is 1. The first-order chi connectivity index (χ1) is 5.87. The van der Waals surface area contributed by atoms with E-state index < -0.39 is 33.7 Å². The van der Waals surface area contributed by atoms with Crippen LogP contribution in [0.4, 0.5) is 8.78 Å². The molecule has 1 aliphatic heterocycles. The lowest BCUT2D eigenvalue weighted by Gasteiger charge is -2.25. The van der Waals surface area contributed by atoms with E-state index >= 15 is 0 Å². The van der Waals surface area contributed by atoms with Crippen LogP contribution >= 0.6 is 0 Å². The van der Waals surface area contributed by atoms with E-state index in [1.165, 1.54) is 0 Å². The molecule has 6 heteroatoms. The number of sulfone groups is 1. The van der Waals surface area contributed by atoms with Crippen LogP contribution in [0.3, 0.4) is 0 Å². The topological polar surface area (TPSA) is 51.2 Å². The van der Waals surface area contributed by atoms with E-state index in [2.05, 4.69) is 0 Å². The van der Waals surface area contributed by atoms with Crippen LogP contribution in [0.25, 0.3) is 0 Å². The molecule has 1 aliphatic rings.